The minimum Gasteiger partial charge on any atom is -0.348 e. The van der Waals surface area contributed by atoms with Gasteiger partial charge in [-0.25, -0.2) is 10.1 Å². The third-order valence-electron chi connectivity index (χ3n) is 6.96. The van der Waals surface area contributed by atoms with Crippen LogP contribution in [-0.4, -0.2) is 41.3 Å². The molecule has 4 aromatic heterocycles. The van der Waals surface area contributed by atoms with Gasteiger partial charge in [0.25, 0.3) is 11.5 Å². The number of benzene rings is 1. The van der Waals surface area contributed by atoms with E-state index in [0.717, 1.165) is 53.5 Å². The fourth-order valence-corrected chi connectivity index (χ4v) is 5.12. The summed E-state index contributed by atoms with van der Waals surface area (Å²) in [6.45, 7) is 0. The van der Waals surface area contributed by atoms with Crippen molar-refractivity contribution in [3.63, 3.8) is 0 Å². The molecule has 0 spiro atoms. The van der Waals surface area contributed by atoms with Crippen LogP contribution in [0, 0.1) is 0 Å². The number of aryl methyl sites for hydroxylation is 1. The molecular weight excluding hydrogens is 442 g/mol. The van der Waals surface area contributed by atoms with Gasteiger partial charge in [-0.2, -0.15) is 10.2 Å². The first-order valence-electron chi connectivity index (χ1n) is 11.8. The lowest BCUT2D eigenvalue weighted by molar-refractivity contribution is 0.0919. The molecule has 1 aliphatic carbocycles. The Morgan fingerprint density at radius 2 is 1.86 bits per heavy atom. The van der Waals surface area contributed by atoms with Gasteiger partial charge in [-0.1, -0.05) is 18.2 Å². The van der Waals surface area contributed by atoms with E-state index in [1.165, 1.54) is 0 Å². The van der Waals surface area contributed by atoms with Gasteiger partial charge in [0, 0.05) is 42.4 Å². The van der Waals surface area contributed by atoms with Gasteiger partial charge in [0.05, 0.1) is 23.5 Å². The maximum Gasteiger partial charge on any atom is 0.272 e. The van der Waals surface area contributed by atoms with Gasteiger partial charge in [0.2, 0.25) is 0 Å². The van der Waals surface area contributed by atoms with E-state index in [1.54, 1.807) is 10.9 Å². The highest BCUT2D eigenvalue weighted by molar-refractivity contribution is 5.93. The van der Waals surface area contributed by atoms with Crippen molar-refractivity contribution in [2.75, 3.05) is 0 Å². The van der Waals surface area contributed by atoms with Crippen LogP contribution in [0.5, 0.6) is 0 Å². The number of aromatic nitrogens is 6. The number of fused-ring (bicyclic) bond motifs is 2. The molecule has 1 saturated carbocycles. The maximum absolute atomic E-state index is 13.1. The SMILES string of the molecule is Cn1cc(-c2ccn3c(C(=O)N[C@H]4CC[C@H](c5n[nH]c(=O)c6ccccc65)CC4)cnc3c2)cn1. The highest BCUT2D eigenvalue weighted by Gasteiger charge is 2.27. The summed E-state index contributed by atoms with van der Waals surface area (Å²) in [4.78, 5) is 29.6. The summed E-state index contributed by atoms with van der Waals surface area (Å²) < 4.78 is 3.57. The smallest absolute Gasteiger partial charge is 0.272 e. The molecule has 0 atom stereocenters. The summed E-state index contributed by atoms with van der Waals surface area (Å²) in [7, 11) is 1.88. The zero-order valence-corrected chi connectivity index (χ0v) is 19.3. The van der Waals surface area contributed by atoms with Crippen LogP contribution in [-0.2, 0) is 7.05 Å². The molecule has 5 aromatic rings. The van der Waals surface area contributed by atoms with Crippen LogP contribution >= 0.6 is 0 Å². The number of imidazole rings is 1. The summed E-state index contributed by atoms with van der Waals surface area (Å²) in [5.74, 6) is 0.134. The maximum atomic E-state index is 13.1. The second-order valence-corrected chi connectivity index (χ2v) is 9.20. The summed E-state index contributed by atoms with van der Waals surface area (Å²) in [5, 5.41) is 16.0. The van der Waals surface area contributed by atoms with Crippen LogP contribution in [0.15, 0.2) is 66.0 Å². The number of aromatic amines is 1. The Morgan fingerprint density at radius 1 is 1.06 bits per heavy atom. The molecule has 0 saturated heterocycles. The highest BCUT2D eigenvalue weighted by atomic mass is 16.2. The topological polar surface area (TPSA) is 110 Å². The van der Waals surface area contributed by atoms with Crippen molar-refractivity contribution < 1.29 is 4.79 Å². The molecule has 1 aromatic carbocycles. The molecule has 0 aliphatic heterocycles. The minimum absolute atomic E-state index is 0.0907. The summed E-state index contributed by atoms with van der Waals surface area (Å²) in [6.07, 6.45) is 10.8. The van der Waals surface area contributed by atoms with Crippen LogP contribution in [0.3, 0.4) is 0 Å². The molecule has 0 unspecified atom stereocenters. The quantitative estimate of drug-likeness (QED) is 0.421. The number of H-pyrrole nitrogens is 1. The van der Waals surface area contributed by atoms with Crippen molar-refractivity contribution in [3.8, 4) is 11.1 Å². The fourth-order valence-electron chi connectivity index (χ4n) is 5.12. The molecule has 4 heterocycles. The van der Waals surface area contributed by atoms with Crippen molar-refractivity contribution in [2.45, 2.75) is 37.6 Å². The van der Waals surface area contributed by atoms with E-state index in [-0.39, 0.29) is 23.4 Å². The van der Waals surface area contributed by atoms with E-state index < -0.39 is 0 Å². The molecule has 0 radical (unpaired) electrons. The molecule has 35 heavy (non-hydrogen) atoms. The van der Waals surface area contributed by atoms with Gasteiger partial charge < -0.3 is 5.32 Å². The number of amides is 1. The van der Waals surface area contributed by atoms with Gasteiger partial charge in [-0.05, 0) is 49.4 Å². The van der Waals surface area contributed by atoms with Crippen LogP contribution < -0.4 is 10.9 Å². The second kappa shape index (κ2) is 8.50. The van der Waals surface area contributed by atoms with Crippen LogP contribution in [0.25, 0.3) is 27.5 Å². The van der Waals surface area contributed by atoms with Crippen LogP contribution in [0.2, 0.25) is 0 Å². The second-order valence-electron chi connectivity index (χ2n) is 9.20. The predicted molar refractivity (Wildman–Crippen MR) is 132 cm³/mol. The van der Waals surface area contributed by atoms with Crippen LogP contribution in [0.4, 0.5) is 0 Å². The number of pyridine rings is 1. The van der Waals surface area contributed by atoms with E-state index in [0.29, 0.717) is 11.1 Å². The zero-order chi connectivity index (χ0) is 23.9. The Morgan fingerprint density at radius 3 is 2.63 bits per heavy atom. The fraction of sp³-hybridized carbons (Fsp3) is 0.269. The Hall–Kier alpha value is -4.27. The molecule has 1 aliphatic rings. The number of hydrogen-bond acceptors (Lipinski definition) is 5. The van der Waals surface area contributed by atoms with Gasteiger partial charge in [0.1, 0.15) is 11.3 Å². The van der Waals surface area contributed by atoms with Crippen LogP contribution in [0.1, 0.15) is 47.8 Å². The number of carbonyl (C=O) groups excluding carboxylic acids is 1. The van der Waals surface area contributed by atoms with Crippen molar-refractivity contribution in [2.24, 2.45) is 7.05 Å². The van der Waals surface area contributed by atoms with Gasteiger partial charge in [-0.15, -0.1) is 0 Å². The Bertz CT molecular complexity index is 1610. The monoisotopic (exact) mass is 467 g/mol. The van der Waals surface area contributed by atoms with E-state index >= 15 is 0 Å². The van der Waals surface area contributed by atoms with E-state index in [2.05, 4.69) is 25.6 Å². The first kappa shape index (κ1) is 21.3. The Labute approximate surface area is 200 Å². The molecule has 2 N–H and O–H groups in total. The van der Waals surface area contributed by atoms with Crippen molar-refractivity contribution in [3.05, 3.63) is 82.9 Å². The van der Waals surface area contributed by atoms with Gasteiger partial charge in [0.15, 0.2) is 0 Å². The molecule has 9 nitrogen and oxygen atoms in total. The number of carbonyl (C=O) groups is 1. The summed E-state index contributed by atoms with van der Waals surface area (Å²) in [6, 6.07) is 11.6. The van der Waals surface area contributed by atoms with E-state index in [4.69, 9.17) is 0 Å². The normalized spacial score (nSPS) is 18.2. The van der Waals surface area contributed by atoms with Crippen molar-refractivity contribution in [1.29, 1.82) is 0 Å². The zero-order valence-electron chi connectivity index (χ0n) is 19.3. The average Bonchev–Trinajstić information content (AvgIpc) is 3.51. The molecule has 9 heteroatoms. The van der Waals surface area contributed by atoms with Crippen molar-refractivity contribution in [1.82, 2.24) is 34.7 Å². The molecule has 1 fully saturated rings. The number of nitrogens with one attached hydrogen (secondary N) is 2. The molecule has 6 rings (SSSR count). The number of rotatable bonds is 4. The summed E-state index contributed by atoms with van der Waals surface area (Å²) >= 11 is 0. The standard InChI is InChI=1S/C26H25N7O2/c1-32-15-18(13-28-32)17-10-11-33-22(14-27-23(33)12-17)26(35)29-19-8-6-16(7-9-19)24-20-4-2-3-5-21(20)25(34)31-30-24/h2-5,10-16,19H,6-9H2,1H3,(H,29,35)(H,31,34)/t16-,19-. The first-order chi connectivity index (χ1) is 17.1. The van der Waals surface area contributed by atoms with Gasteiger partial charge >= 0.3 is 0 Å². The molecule has 1 amide bonds. The Kier molecular flexibility index (Phi) is 5.17. The summed E-state index contributed by atoms with van der Waals surface area (Å²) in [5.41, 5.74) is 4.03. The Balaban J connectivity index is 1.15. The van der Waals surface area contributed by atoms with E-state index in [9.17, 15) is 9.59 Å². The lowest BCUT2D eigenvalue weighted by atomic mass is 9.82. The highest BCUT2D eigenvalue weighted by Crippen LogP contribution is 2.34. The third-order valence-corrected chi connectivity index (χ3v) is 6.96. The number of nitrogens with zero attached hydrogens (tertiary/aromatic N) is 5. The molecular formula is C26H25N7O2. The lowest BCUT2D eigenvalue weighted by Crippen LogP contribution is -2.38. The third kappa shape index (κ3) is 3.88. The minimum atomic E-state index is -0.161. The molecule has 0 bridgehead atoms. The average molecular weight is 468 g/mol. The predicted octanol–water partition coefficient (Wildman–Crippen LogP) is 3.43. The van der Waals surface area contributed by atoms with E-state index in [1.807, 2.05) is 66.4 Å². The lowest BCUT2D eigenvalue weighted by Gasteiger charge is -2.29. The number of hydrogen-bond donors (Lipinski definition) is 2. The molecule has 176 valence electrons. The first-order valence-corrected chi connectivity index (χ1v) is 11.8. The largest absolute Gasteiger partial charge is 0.348 e. The van der Waals surface area contributed by atoms with Gasteiger partial charge in [-0.3, -0.25) is 18.7 Å². The van der Waals surface area contributed by atoms with Crippen molar-refractivity contribution >= 4 is 22.3 Å².